The molecule has 0 unspecified atom stereocenters. The van der Waals surface area contributed by atoms with Crippen LogP contribution in [0.2, 0.25) is 0 Å². The van der Waals surface area contributed by atoms with Crippen LogP contribution in [0.5, 0.6) is 0 Å². The van der Waals surface area contributed by atoms with E-state index in [2.05, 4.69) is 119 Å². The zero-order valence-electron chi connectivity index (χ0n) is 19.5. The maximum atomic E-state index is 2.43. The minimum atomic E-state index is 0.949. The van der Waals surface area contributed by atoms with Crippen molar-refractivity contribution in [1.29, 1.82) is 0 Å². The fourth-order valence-corrected chi connectivity index (χ4v) is 5.26. The number of rotatable bonds is 6. The van der Waals surface area contributed by atoms with Gasteiger partial charge in [-0.25, -0.2) is 18.3 Å². The van der Waals surface area contributed by atoms with Crippen LogP contribution >= 0.6 is 0 Å². The van der Waals surface area contributed by atoms with Gasteiger partial charge in [-0.15, -0.1) is 0 Å². The van der Waals surface area contributed by atoms with E-state index in [4.69, 9.17) is 0 Å². The highest BCUT2D eigenvalue weighted by Gasteiger charge is 2.27. The number of aromatic nitrogens is 4. The van der Waals surface area contributed by atoms with Crippen molar-refractivity contribution < 1.29 is 9.13 Å². The molecule has 0 atom stereocenters. The molecule has 0 N–H and O–H groups in total. The van der Waals surface area contributed by atoms with Gasteiger partial charge < -0.3 is 0 Å². The van der Waals surface area contributed by atoms with Crippen LogP contribution in [-0.2, 0) is 26.2 Å². The number of fused-ring (bicyclic) bond motifs is 2. The quantitative estimate of drug-likeness (QED) is 0.317. The number of para-hydroxylation sites is 4. The lowest BCUT2D eigenvalue weighted by Gasteiger charge is -2.06. The summed E-state index contributed by atoms with van der Waals surface area (Å²) in [6.45, 7) is 12.7. The van der Waals surface area contributed by atoms with E-state index < -0.39 is 0 Å². The summed E-state index contributed by atoms with van der Waals surface area (Å²) in [5.74, 6) is 2.56. The summed E-state index contributed by atoms with van der Waals surface area (Å²) >= 11 is 0. The summed E-state index contributed by atoms with van der Waals surface area (Å²) in [5, 5.41) is 0. The second kappa shape index (κ2) is 8.27. The minimum absolute atomic E-state index is 0.949. The molecule has 4 heteroatoms. The van der Waals surface area contributed by atoms with Gasteiger partial charge in [-0.05, 0) is 76.2 Å². The average Bonchev–Trinajstić information content (AvgIpc) is 3.35. The standard InChI is InChI=1S/C28H32N4/c1-5-29-23-13-9-10-14-24(23)30(6-2)27(29)21-17-19-22(20-18-21)28-31(7-3)25-15-11-12-16-26(25)32(28)8-4/h9-20H,5-8H2,1-4H3/q+2. The van der Waals surface area contributed by atoms with Crippen molar-refractivity contribution in [3.8, 4) is 22.8 Å². The van der Waals surface area contributed by atoms with Crippen molar-refractivity contribution in [2.24, 2.45) is 0 Å². The van der Waals surface area contributed by atoms with Crippen LogP contribution in [0, 0.1) is 0 Å². The predicted molar refractivity (Wildman–Crippen MR) is 131 cm³/mol. The Morgan fingerprint density at radius 3 is 1.25 bits per heavy atom. The average molecular weight is 425 g/mol. The number of aryl methyl sites for hydroxylation is 4. The van der Waals surface area contributed by atoms with Gasteiger partial charge in [0.15, 0.2) is 22.1 Å². The lowest BCUT2D eigenvalue weighted by molar-refractivity contribution is -0.657. The van der Waals surface area contributed by atoms with Gasteiger partial charge in [0.2, 0.25) is 0 Å². The van der Waals surface area contributed by atoms with Gasteiger partial charge in [-0.2, -0.15) is 0 Å². The van der Waals surface area contributed by atoms with E-state index in [1.54, 1.807) is 0 Å². The highest BCUT2D eigenvalue weighted by atomic mass is 15.2. The van der Waals surface area contributed by atoms with Crippen LogP contribution in [-0.4, -0.2) is 9.13 Å². The van der Waals surface area contributed by atoms with E-state index in [-0.39, 0.29) is 0 Å². The summed E-state index contributed by atoms with van der Waals surface area (Å²) in [6.07, 6.45) is 0. The van der Waals surface area contributed by atoms with Crippen molar-refractivity contribution in [2.75, 3.05) is 0 Å². The number of hydrogen-bond acceptors (Lipinski definition) is 0. The Labute approximate surface area is 190 Å². The molecule has 0 fully saturated rings. The molecular weight excluding hydrogens is 392 g/mol. The highest BCUT2D eigenvalue weighted by Crippen LogP contribution is 2.28. The Morgan fingerprint density at radius 1 is 0.531 bits per heavy atom. The van der Waals surface area contributed by atoms with E-state index in [1.807, 2.05) is 0 Å². The zero-order chi connectivity index (χ0) is 22.2. The van der Waals surface area contributed by atoms with Gasteiger partial charge in [0.1, 0.15) is 0 Å². The van der Waals surface area contributed by atoms with Crippen LogP contribution in [0.25, 0.3) is 44.8 Å². The fraction of sp³-hybridized carbons (Fsp3) is 0.286. The second-order valence-corrected chi connectivity index (χ2v) is 8.18. The number of nitrogens with zero attached hydrogens (tertiary/aromatic N) is 4. The first-order valence-corrected chi connectivity index (χ1v) is 11.9. The molecule has 3 aromatic carbocycles. The molecule has 32 heavy (non-hydrogen) atoms. The lowest BCUT2D eigenvalue weighted by Crippen LogP contribution is -2.34. The zero-order valence-corrected chi connectivity index (χ0v) is 19.5. The van der Waals surface area contributed by atoms with Crippen LogP contribution in [0.3, 0.4) is 0 Å². The van der Waals surface area contributed by atoms with Gasteiger partial charge in [-0.1, -0.05) is 24.3 Å². The predicted octanol–water partition coefficient (Wildman–Crippen LogP) is 5.58. The first-order chi connectivity index (χ1) is 15.7. The highest BCUT2D eigenvalue weighted by molar-refractivity contribution is 5.78. The molecule has 162 valence electrons. The van der Waals surface area contributed by atoms with Gasteiger partial charge in [0.05, 0.1) is 37.3 Å². The Hall–Kier alpha value is -3.40. The number of hydrogen-bond donors (Lipinski definition) is 0. The molecule has 0 bridgehead atoms. The number of benzene rings is 3. The van der Waals surface area contributed by atoms with E-state index in [9.17, 15) is 0 Å². The van der Waals surface area contributed by atoms with E-state index in [0.717, 1.165) is 26.2 Å². The fourth-order valence-electron chi connectivity index (χ4n) is 5.26. The minimum Gasteiger partial charge on any atom is -0.223 e. The van der Waals surface area contributed by atoms with Crippen LogP contribution in [0.15, 0.2) is 72.8 Å². The van der Waals surface area contributed by atoms with E-state index in [1.165, 1.54) is 44.8 Å². The van der Waals surface area contributed by atoms with E-state index in [0.29, 0.717) is 0 Å². The van der Waals surface area contributed by atoms with Gasteiger partial charge in [0, 0.05) is 0 Å². The second-order valence-electron chi connectivity index (χ2n) is 8.18. The largest absolute Gasteiger partial charge is 0.289 e. The third-order valence-corrected chi connectivity index (χ3v) is 6.62. The first kappa shape index (κ1) is 20.5. The number of imidazole rings is 2. The molecule has 0 spiro atoms. The molecule has 0 amide bonds. The SMILES string of the molecule is CCn1c(-c2ccc(-c3n(CC)c4ccccc4[n+]3CC)cc2)[n+](CC)c2ccccc21. The third-order valence-electron chi connectivity index (χ3n) is 6.62. The Kier molecular flexibility index (Phi) is 5.30. The molecule has 0 aliphatic heterocycles. The molecular formula is C28H32N4+2. The first-order valence-electron chi connectivity index (χ1n) is 11.9. The molecule has 0 saturated carbocycles. The Morgan fingerprint density at radius 2 is 0.906 bits per heavy atom. The maximum Gasteiger partial charge on any atom is 0.289 e. The summed E-state index contributed by atoms with van der Waals surface area (Å²) in [6, 6.07) is 26.6. The lowest BCUT2D eigenvalue weighted by atomic mass is 10.1. The summed E-state index contributed by atoms with van der Waals surface area (Å²) in [5.41, 5.74) is 7.71. The van der Waals surface area contributed by atoms with Gasteiger partial charge in [0.25, 0.3) is 11.6 Å². The van der Waals surface area contributed by atoms with Crippen LogP contribution in [0.1, 0.15) is 27.7 Å². The van der Waals surface area contributed by atoms with Gasteiger partial charge >= 0.3 is 0 Å². The molecule has 0 radical (unpaired) electrons. The smallest absolute Gasteiger partial charge is 0.223 e. The summed E-state index contributed by atoms with van der Waals surface area (Å²) in [4.78, 5) is 0. The summed E-state index contributed by atoms with van der Waals surface area (Å²) < 4.78 is 9.73. The third kappa shape index (κ3) is 2.97. The summed E-state index contributed by atoms with van der Waals surface area (Å²) in [7, 11) is 0. The van der Waals surface area contributed by atoms with Crippen LogP contribution in [0.4, 0.5) is 0 Å². The molecule has 5 rings (SSSR count). The molecule has 4 nitrogen and oxygen atoms in total. The monoisotopic (exact) mass is 424 g/mol. The van der Waals surface area contributed by atoms with Crippen molar-refractivity contribution in [1.82, 2.24) is 9.13 Å². The van der Waals surface area contributed by atoms with Crippen molar-refractivity contribution in [2.45, 2.75) is 53.9 Å². The molecule has 0 aliphatic rings. The molecule has 0 saturated heterocycles. The Balaban J connectivity index is 1.69. The molecule has 2 aromatic heterocycles. The molecule has 5 aromatic rings. The molecule has 0 aliphatic carbocycles. The Bertz CT molecular complexity index is 1210. The van der Waals surface area contributed by atoms with Crippen molar-refractivity contribution in [3.05, 3.63) is 72.8 Å². The maximum absolute atomic E-state index is 2.43. The molecule has 2 heterocycles. The van der Waals surface area contributed by atoms with E-state index >= 15 is 0 Å². The van der Waals surface area contributed by atoms with Crippen LogP contribution < -0.4 is 9.13 Å². The normalized spacial score (nSPS) is 11.6. The topological polar surface area (TPSA) is 17.6 Å². The van der Waals surface area contributed by atoms with Crippen molar-refractivity contribution in [3.63, 3.8) is 0 Å². The van der Waals surface area contributed by atoms with Crippen molar-refractivity contribution >= 4 is 22.1 Å². The van der Waals surface area contributed by atoms with Gasteiger partial charge in [-0.3, -0.25) is 0 Å².